The third kappa shape index (κ3) is 4.72. The summed E-state index contributed by atoms with van der Waals surface area (Å²) in [5, 5.41) is 18.1. The molecule has 0 saturated carbocycles. The molecule has 4 rings (SSSR count). The highest BCUT2D eigenvalue weighted by Crippen LogP contribution is 2.45. The number of halogens is 8. The van der Waals surface area contributed by atoms with E-state index in [-0.39, 0.29) is 17.2 Å². The van der Waals surface area contributed by atoms with Crippen LogP contribution in [0.3, 0.4) is 0 Å². The fourth-order valence-electron chi connectivity index (χ4n) is 3.66. The van der Waals surface area contributed by atoms with Gasteiger partial charge in [-0.2, -0.15) is 0 Å². The average molecular weight is 572 g/mol. The Labute approximate surface area is 218 Å². The van der Waals surface area contributed by atoms with Crippen molar-refractivity contribution in [2.75, 3.05) is 0 Å². The molecule has 1 atom stereocenters. The van der Waals surface area contributed by atoms with Crippen LogP contribution in [0.2, 0.25) is 0 Å². The normalized spacial score (nSPS) is 16.4. The summed E-state index contributed by atoms with van der Waals surface area (Å²) in [5.41, 5.74) is -4.22. The van der Waals surface area contributed by atoms with Crippen molar-refractivity contribution in [3.05, 3.63) is 112 Å². The molecule has 0 aromatic heterocycles. The first-order chi connectivity index (χ1) is 18.8. The van der Waals surface area contributed by atoms with Gasteiger partial charge in [-0.15, -0.1) is 0 Å². The van der Waals surface area contributed by atoms with Gasteiger partial charge in [-0.3, -0.25) is 0 Å². The van der Waals surface area contributed by atoms with Crippen LogP contribution in [0.4, 0.5) is 35.1 Å². The number of carboxylic acids is 2. The third-order valence-electron chi connectivity index (χ3n) is 5.64. The maximum absolute atomic E-state index is 15.8. The topological polar surface area (TPSA) is 93.1 Å². The molecule has 3 aromatic rings. The largest absolute Gasteiger partial charge is 0.478 e. The number of aromatic carboxylic acids is 2. The Hall–Kier alpha value is -4.88. The van der Waals surface area contributed by atoms with Crippen LogP contribution in [-0.2, 0) is 0 Å². The molecule has 208 valence electrons. The summed E-state index contributed by atoms with van der Waals surface area (Å²) in [4.78, 5) is 22.2. The number of hydrogen-bond acceptors (Lipinski definition) is 4. The van der Waals surface area contributed by atoms with E-state index in [0.717, 1.165) is 48.5 Å². The summed E-state index contributed by atoms with van der Waals surface area (Å²) in [7, 11) is 0. The molecule has 0 heterocycles. The van der Waals surface area contributed by atoms with E-state index in [1.54, 1.807) is 0 Å². The Morgan fingerprint density at radius 3 is 1.40 bits per heavy atom. The van der Waals surface area contributed by atoms with Crippen molar-refractivity contribution in [3.8, 4) is 11.5 Å². The second-order valence-corrected chi connectivity index (χ2v) is 8.09. The van der Waals surface area contributed by atoms with Crippen LogP contribution >= 0.6 is 0 Å². The molecule has 0 amide bonds. The van der Waals surface area contributed by atoms with Crippen molar-refractivity contribution in [1.82, 2.24) is 0 Å². The Morgan fingerprint density at radius 1 is 0.650 bits per heavy atom. The number of allylic oxidation sites excluding steroid dienone is 2. The van der Waals surface area contributed by atoms with Crippen molar-refractivity contribution in [3.63, 3.8) is 0 Å². The Bertz CT molecular complexity index is 1490. The molecule has 1 unspecified atom stereocenters. The SMILES string of the molecule is O=C(O)c1ccc(OC2(Oc3ccc(C(=O)O)cc3)C(F)=CC(c3c(F)c(F)c(F)c(F)c3F)=C(F)C2F)cc1. The van der Waals surface area contributed by atoms with E-state index in [0.29, 0.717) is 0 Å². The van der Waals surface area contributed by atoms with Gasteiger partial charge in [0.2, 0.25) is 12.0 Å². The molecular formula is C26H12F8O6. The molecule has 2 N–H and O–H groups in total. The van der Waals surface area contributed by atoms with Gasteiger partial charge >= 0.3 is 17.7 Å². The zero-order chi connectivity index (χ0) is 29.5. The van der Waals surface area contributed by atoms with Crippen LogP contribution < -0.4 is 9.47 Å². The van der Waals surface area contributed by atoms with E-state index >= 15 is 13.2 Å². The zero-order valence-electron chi connectivity index (χ0n) is 19.3. The van der Waals surface area contributed by atoms with E-state index in [1.165, 1.54) is 0 Å². The summed E-state index contributed by atoms with van der Waals surface area (Å²) < 4.78 is 127. The standard InChI is InChI=1S/C26H12F8O6/c27-15-9-14(16-18(29)20(31)22(33)21(32)19(16)30)17(28)23(34)26(15,39-12-5-1-10(2-6-12)24(35)36)40-13-7-3-11(4-8-13)25(37)38/h1-9,23H,(H,35,36)(H,37,38). The van der Waals surface area contributed by atoms with Gasteiger partial charge < -0.3 is 19.7 Å². The molecule has 1 aliphatic carbocycles. The molecule has 6 nitrogen and oxygen atoms in total. The minimum absolute atomic E-state index is 0.0963. The fourth-order valence-corrected chi connectivity index (χ4v) is 3.66. The quantitative estimate of drug-likeness (QED) is 0.145. The van der Waals surface area contributed by atoms with E-state index < -0.39 is 87.3 Å². The highest BCUT2D eigenvalue weighted by molar-refractivity contribution is 5.88. The van der Waals surface area contributed by atoms with Gasteiger partial charge in [0.25, 0.3) is 0 Å². The molecular weight excluding hydrogens is 560 g/mol. The van der Waals surface area contributed by atoms with Gasteiger partial charge in [0.05, 0.1) is 16.7 Å². The summed E-state index contributed by atoms with van der Waals surface area (Å²) >= 11 is 0. The number of benzene rings is 3. The summed E-state index contributed by atoms with van der Waals surface area (Å²) in [5.74, 6) is -24.2. The monoisotopic (exact) mass is 572 g/mol. The number of rotatable bonds is 7. The summed E-state index contributed by atoms with van der Waals surface area (Å²) in [6.45, 7) is 0. The van der Waals surface area contributed by atoms with Crippen LogP contribution in [0.15, 0.2) is 66.3 Å². The first kappa shape index (κ1) is 28.1. The summed E-state index contributed by atoms with van der Waals surface area (Å²) in [6, 6.07) is 7.39. The van der Waals surface area contributed by atoms with E-state index in [9.17, 15) is 31.5 Å². The van der Waals surface area contributed by atoms with Crippen molar-refractivity contribution >= 4 is 17.5 Å². The third-order valence-corrected chi connectivity index (χ3v) is 5.64. The van der Waals surface area contributed by atoms with Crippen molar-refractivity contribution in [1.29, 1.82) is 0 Å². The molecule has 3 aromatic carbocycles. The van der Waals surface area contributed by atoms with Gasteiger partial charge in [-0.1, -0.05) is 0 Å². The lowest BCUT2D eigenvalue weighted by Crippen LogP contribution is -2.53. The van der Waals surface area contributed by atoms with Crippen LogP contribution in [0.5, 0.6) is 11.5 Å². The number of hydrogen-bond donors (Lipinski definition) is 2. The molecule has 0 bridgehead atoms. The number of alkyl halides is 1. The molecule has 0 saturated heterocycles. The smallest absolute Gasteiger partial charge is 0.343 e. The molecule has 40 heavy (non-hydrogen) atoms. The van der Waals surface area contributed by atoms with Gasteiger partial charge in [-0.05, 0) is 54.6 Å². The average Bonchev–Trinajstić information content (AvgIpc) is 2.93. The molecule has 1 aliphatic rings. The highest BCUT2D eigenvalue weighted by Gasteiger charge is 2.56. The minimum Gasteiger partial charge on any atom is -0.478 e. The van der Waals surface area contributed by atoms with Crippen molar-refractivity contribution in [2.45, 2.75) is 12.0 Å². The Kier molecular flexibility index (Phi) is 7.28. The van der Waals surface area contributed by atoms with E-state index in [4.69, 9.17) is 19.7 Å². The van der Waals surface area contributed by atoms with Crippen molar-refractivity contribution in [2.24, 2.45) is 0 Å². The first-order valence-electron chi connectivity index (χ1n) is 10.8. The van der Waals surface area contributed by atoms with Crippen LogP contribution in [-0.4, -0.2) is 34.1 Å². The van der Waals surface area contributed by atoms with Gasteiger partial charge in [0, 0.05) is 5.57 Å². The fraction of sp³-hybridized carbons (Fsp3) is 0.0769. The maximum Gasteiger partial charge on any atom is 0.343 e. The molecule has 14 heteroatoms. The van der Waals surface area contributed by atoms with Gasteiger partial charge in [-0.25, -0.2) is 44.7 Å². The van der Waals surface area contributed by atoms with E-state index in [1.807, 2.05) is 0 Å². The number of carboxylic acid groups (broad SMARTS) is 2. The predicted molar refractivity (Wildman–Crippen MR) is 119 cm³/mol. The Morgan fingerprint density at radius 2 is 1.02 bits per heavy atom. The van der Waals surface area contributed by atoms with Crippen molar-refractivity contribution < 1.29 is 64.4 Å². The van der Waals surface area contributed by atoms with Crippen LogP contribution in [0.25, 0.3) is 5.57 Å². The number of ether oxygens (including phenoxy) is 2. The minimum atomic E-state index is -3.48. The lowest BCUT2D eigenvalue weighted by atomic mass is 9.91. The highest BCUT2D eigenvalue weighted by atomic mass is 19.2. The Balaban J connectivity index is 1.87. The maximum atomic E-state index is 15.8. The van der Waals surface area contributed by atoms with Gasteiger partial charge in [0.1, 0.15) is 11.5 Å². The first-order valence-corrected chi connectivity index (χ1v) is 10.8. The van der Waals surface area contributed by atoms with Crippen LogP contribution in [0, 0.1) is 29.1 Å². The number of carbonyl (C=O) groups is 2. The summed E-state index contributed by atoms with van der Waals surface area (Å²) in [6.07, 6.45) is -3.57. The van der Waals surface area contributed by atoms with Gasteiger partial charge in [0.15, 0.2) is 34.9 Å². The second-order valence-electron chi connectivity index (χ2n) is 8.09. The second kappa shape index (κ2) is 10.4. The molecule has 0 radical (unpaired) electrons. The molecule has 0 spiro atoms. The molecule has 0 aliphatic heterocycles. The van der Waals surface area contributed by atoms with E-state index in [2.05, 4.69) is 0 Å². The lowest BCUT2D eigenvalue weighted by molar-refractivity contribution is -0.141. The lowest BCUT2D eigenvalue weighted by Gasteiger charge is -2.37. The molecule has 0 fully saturated rings. The van der Waals surface area contributed by atoms with Crippen LogP contribution in [0.1, 0.15) is 26.3 Å². The predicted octanol–water partition coefficient (Wildman–Crippen LogP) is 6.52. The zero-order valence-corrected chi connectivity index (χ0v) is 19.3.